The number of aromatic nitrogens is 3. The van der Waals surface area contributed by atoms with E-state index in [-0.39, 0.29) is 6.17 Å². The van der Waals surface area contributed by atoms with Crippen LogP contribution >= 0.6 is 0 Å². The molecule has 0 amide bonds. The van der Waals surface area contributed by atoms with Crippen LogP contribution in [0.2, 0.25) is 0 Å². The Morgan fingerprint density at radius 1 is 1.20 bits per heavy atom. The molecule has 3 aromatic rings. The second kappa shape index (κ2) is 3.86. The fourth-order valence-electron chi connectivity index (χ4n) is 2.66. The lowest BCUT2D eigenvalue weighted by molar-refractivity contribution is 0.583. The lowest BCUT2D eigenvalue weighted by atomic mass is 10.3. The van der Waals surface area contributed by atoms with Gasteiger partial charge in [0.25, 0.3) is 0 Å². The third-order valence-corrected chi connectivity index (χ3v) is 3.59. The molecule has 6 heteroatoms. The van der Waals surface area contributed by atoms with Gasteiger partial charge in [0, 0.05) is 13.2 Å². The summed E-state index contributed by atoms with van der Waals surface area (Å²) in [7, 11) is 2.00. The smallest absolute Gasteiger partial charge is 0.212 e. The van der Waals surface area contributed by atoms with Crippen molar-refractivity contribution in [1.82, 2.24) is 14.1 Å². The van der Waals surface area contributed by atoms with Crippen molar-refractivity contribution in [3.63, 3.8) is 0 Å². The summed E-state index contributed by atoms with van der Waals surface area (Å²) < 4.78 is 4.12. The highest BCUT2D eigenvalue weighted by molar-refractivity contribution is 5.94. The molecule has 0 saturated heterocycles. The lowest BCUT2D eigenvalue weighted by Gasteiger charge is -2.24. The number of nitrogens with two attached hydrogens (primary N) is 1. The van der Waals surface area contributed by atoms with E-state index >= 15 is 0 Å². The highest BCUT2D eigenvalue weighted by Crippen LogP contribution is 2.31. The molecule has 0 spiro atoms. The zero-order valence-electron chi connectivity index (χ0n) is 11.0. The number of nitrogens with zero attached hydrogens (tertiary/aromatic N) is 4. The van der Waals surface area contributed by atoms with Crippen molar-refractivity contribution in [3.8, 4) is 0 Å². The number of hydrogen-bond donors (Lipinski definition) is 2. The molecule has 0 radical (unpaired) electrons. The molecule has 0 aliphatic carbocycles. The van der Waals surface area contributed by atoms with Gasteiger partial charge in [-0.05, 0) is 24.3 Å². The summed E-state index contributed by atoms with van der Waals surface area (Å²) in [6.07, 6.45) is 1.81. The molecular formula is C14H14N6. The van der Waals surface area contributed by atoms with Crippen molar-refractivity contribution < 1.29 is 0 Å². The van der Waals surface area contributed by atoms with Gasteiger partial charge in [0.15, 0.2) is 12.1 Å². The fraction of sp³-hybridized carbons (Fsp3) is 0.143. The molecule has 1 aliphatic rings. The highest BCUT2D eigenvalue weighted by atomic mass is 15.4. The van der Waals surface area contributed by atoms with Gasteiger partial charge >= 0.3 is 0 Å². The highest BCUT2D eigenvalue weighted by Gasteiger charge is 2.26. The van der Waals surface area contributed by atoms with Gasteiger partial charge in [0.1, 0.15) is 0 Å². The molecule has 0 bridgehead atoms. The molecular weight excluding hydrogens is 252 g/mol. The molecule has 3 N–H and O–H groups in total. The van der Waals surface area contributed by atoms with Crippen LogP contribution in [0.15, 0.2) is 47.6 Å². The molecule has 1 unspecified atom stereocenters. The second-order valence-electron chi connectivity index (χ2n) is 4.85. The zero-order valence-corrected chi connectivity index (χ0v) is 11.0. The van der Waals surface area contributed by atoms with E-state index in [9.17, 15) is 0 Å². The summed E-state index contributed by atoms with van der Waals surface area (Å²) in [6, 6.07) is 12.1. The number of fused-ring (bicyclic) bond motifs is 3. The summed E-state index contributed by atoms with van der Waals surface area (Å²) in [5.41, 5.74) is 8.93. The minimum Gasteiger partial charge on any atom is -0.370 e. The number of hydrogen-bond acceptors (Lipinski definition) is 4. The number of aliphatic imine (C=N–C) groups is 1. The molecule has 2 aromatic heterocycles. The average Bonchev–Trinajstić information content (AvgIpc) is 3.00. The first-order valence-corrected chi connectivity index (χ1v) is 6.42. The van der Waals surface area contributed by atoms with Crippen LogP contribution in [0.4, 0.5) is 5.95 Å². The predicted molar refractivity (Wildman–Crippen MR) is 78.5 cm³/mol. The molecule has 6 nitrogen and oxygen atoms in total. The third-order valence-electron chi connectivity index (χ3n) is 3.59. The van der Waals surface area contributed by atoms with Gasteiger partial charge in [-0.1, -0.05) is 12.1 Å². The SMILES string of the molecule is Cn1cccc1C1N=C(N)Nc2nc3ccccc3n21. The molecule has 1 atom stereocenters. The number of rotatable bonds is 1. The molecule has 0 saturated carbocycles. The molecule has 3 heterocycles. The van der Waals surface area contributed by atoms with Gasteiger partial charge in [0.05, 0.1) is 16.7 Å². The number of aryl methyl sites for hydroxylation is 1. The van der Waals surface area contributed by atoms with E-state index in [1.165, 1.54) is 0 Å². The minimum absolute atomic E-state index is 0.196. The Bertz CT molecular complexity index is 825. The normalized spacial score (nSPS) is 17.6. The summed E-state index contributed by atoms with van der Waals surface area (Å²) in [4.78, 5) is 9.11. The van der Waals surface area contributed by atoms with Crippen LogP contribution in [-0.2, 0) is 7.05 Å². The number of para-hydroxylation sites is 2. The maximum absolute atomic E-state index is 5.89. The maximum atomic E-state index is 5.89. The summed E-state index contributed by atoms with van der Waals surface area (Å²) in [5, 5.41) is 3.03. The van der Waals surface area contributed by atoms with E-state index < -0.39 is 0 Å². The Kier molecular flexibility index (Phi) is 2.14. The standard InChI is InChI=1S/C14H14N6/c1-19-8-4-7-11(19)12-17-13(15)18-14-16-9-5-2-3-6-10(9)20(12)14/h2-8,12H,1H3,(H3,15,16,17,18). The first-order valence-electron chi connectivity index (χ1n) is 6.42. The zero-order chi connectivity index (χ0) is 13.7. The van der Waals surface area contributed by atoms with Crippen molar-refractivity contribution in [2.45, 2.75) is 6.17 Å². The van der Waals surface area contributed by atoms with E-state index in [0.29, 0.717) is 5.96 Å². The van der Waals surface area contributed by atoms with Gasteiger partial charge < -0.3 is 10.3 Å². The first kappa shape index (κ1) is 11.1. The molecule has 1 aromatic carbocycles. The number of guanidine groups is 1. The maximum Gasteiger partial charge on any atom is 0.212 e. The van der Waals surface area contributed by atoms with E-state index in [0.717, 1.165) is 22.7 Å². The number of imidazole rings is 1. The Hall–Kier alpha value is -2.76. The van der Waals surface area contributed by atoms with Crippen LogP contribution in [0.3, 0.4) is 0 Å². The summed E-state index contributed by atoms with van der Waals surface area (Å²) >= 11 is 0. The van der Waals surface area contributed by atoms with E-state index in [2.05, 4.69) is 19.9 Å². The van der Waals surface area contributed by atoms with E-state index in [1.807, 2.05) is 54.2 Å². The molecule has 100 valence electrons. The van der Waals surface area contributed by atoms with Crippen LogP contribution in [0.25, 0.3) is 11.0 Å². The molecule has 0 fully saturated rings. The van der Waals surface area contributed by atoms with Gasteiger partial charge in [-0.2, -0.15) is 0 Å². The van der Waals surface area contributed by atoms with Crippen LogP contribution in [0.1, 0.15) is 11.9 Å². The first-order chi connectivity index (χ1) is 9.74. The van der Waals surface area contributed by atoms with Gasteiger partial charge in [-0.25, -0.2) is 9.98 Å². The number of benzene rings is 1. The average molecular weight is 266 g/mol. The van der Waals surface area contributed by atoms with Gasteiger partial charge in [0.2, 0.25) is 5.95 Å². The van der Waals surface area contributed by atoms with Gasteiger partial charge in [-0.15, -0.1) is 0 Å². The van der Waals surface area contributed by atoms with E-state index in [4.69, 9.17) is 5.73 Å². The number of anilines is 1. The quantitative estimate of drug-likeness (QED) is 0.703. The van der Waals surface area contributed by atoms with Crippen LogP contribution in [0.5, 0.6) is 0 Å². The van der Waals surface area contributed by atoms with Crippen LogP contribution < -0.4 is 11.1 Å². The Labute approximate surface area is 115 Å². The van der Waals surface area contributed by atoms with Crippen LogP contribution in [-0.4, -0.2) is 20.1 Å². The Balaban J connectivity index is 2.01. The van der Waals surface area contributed by atoms with Gasteiger partial charge in [-0.3, -0.25) is 9.88 Å². The molecule has 20 heavy (non-hydrogen) atoms. The Morgan fingerprint density at radius 3 is 2.85 bits per heavy atom. The van der Waals surface area contributed by atoms with Crippen molar-refractivity contribution in [3.05, 3.63) is 48.3 Å². The monoisotopic (exact) mass is 266 g/mol. The fourth-order valence-corrected chi connectivity index (χ4v) is 2.66. The van der Waals surface area contributed by atoms with E-state index in [1.54, 1.807) is 0 Å². The topological polar surface area (TPSA) is 73.2 Å². The third kappa shape index (κ3) is 1.45. The van der Waals surface area contributed by atoms with Crippen molar-refractivity contribution in [1.29, 1.82) is 0 Å². The summed E-state index contributed by atoms with van der Waals surface area (Å²) in [5.74, 6) is 1.11. The predicted octanol–water partition coefficient (Wildman–Crippen LogP) is 1.66. The second-order valence-corrected chi connectivity index (χ2v) is 4.85. The lowest BCUT2D eigenvalue weighted by Crippen LogP contribution is -2.32. The molecule has 4 rings (SSSR count). The minimum atomic E-state index is -0.196. The van der Waals surface area contributed by atoms with Crippen LogP contribution in [0, 0.1) is 0 Å². The summed E-state index contributed by atoms with van der Waals surface area (Å²) in [6.45, 7) is 0. The van der Waals surface area contributed by atoms with Crippen molar-refractivity contribution in [2.24, 2.45) is 17.8 Å². The van der Waals surface area contributed by atoms with Crippen molar-refractivity contribution >= 4 is 22.9 Å². The Morgan fingerprint density at radius 2 is 2.05 bits per heavy atom. The largest absolute Gasteiger partial charge is 0.370 e. The van der Waals surface area contributed by atoms with Crippen molar-refractivity contribution in [2.75, 3.05) is 5.32 Å². The molecule has 1 aliphatic heterocycles. The number of nitrogens with one attached hydrogen (secondary N) is 1.